The van der Waals surface area contributed by atoms with Gasteiger partial charge in [0.15, 0.2) is 0 Å². The largest absolute Gasteiger partial charge is 0.493 e. The van der Waals surface area contributed by atoms with Crippen LogP contribution >= 0.6 is 12.4 Å². The van der Waals surface area contributed by atoms with E-state index in [9.17, 15) is 9.18 Å². The van der Waals surface area contributed by atoms with Crippen molar-refractivity contribution in [2.45, 2.75) is 25.8 Å². The molecule has 4 rings (SSSR count). The third-order valence-electron chi connectivity index (χ3n) is 4.60. The highest BCUT2D eigenvalue weighted by molar-refractivity contribution is 5.92. The van der Waals surface area contributed by atoms with E-state index >= 15 is 0 Å². The van der Waals surface area contributed by atoms with E-state index in [-0.39, 0.29) is 36.2 Å². The van der Waals surface area contributed by atoms with Gasteiger partial charge in [-0.3, -0.25) is 4.79 Å². The van der Waals surface area contributed by atoms with Gasteiger partial charge in [0.2, 0.25) is 5.91 Å². The molecule has 2 aliphatic rings. The summed E-state index contributed by atoms with van der Waals surface area (Å²) in [5, 5.41) is 5.93. The van der Waals surface area contributed by atoms with E-state index in [1.54, 1.807) is 6.07 Å². The number of carbonyl (C=O) groups excluding carboxylic acids is 1. The van der Waals surface area contributed by atoms with Crippen LogP contribution in [0.4, 0.5) is 10.1 Å². The monoisotopic (exact) mass is 362 g/mol. The number of carbonyl (C=O) groups is 1. The second-order valence-corrected chi connectivity index (χ2v) is 6.26. The van der Waals surface area contributed by atoms with Crippen molar-refractivity contribution in [2.24, 2.45) is 0 Å². The number of benzene rings is 2. The Morgan fingerprint density at radius 1 is 1.20 bits per heavy atom. The molecule has 0 saturated heterocycles. The van der Waals surface area contributed by atoms with Crippen molar-refractivity contribution in [3.8, 4) is 5.75 Å². The number of ether oxygens (including phenoxy) is 1. The maximum absolute atomic E-state index is 14.6. The fraction of sp³-hybridized carbons (Fsp3) is 0.316. The summed E-state index contributed by atoms with van der Waals surface area (Å²) in [6.45, 7) is 2.14. The first-order chi connectivity index (χ1) is 11.7. The Morgan fingerprint density at radius 2 is 2.08 bits per heavy atom. The first-order valence-corrected chi connectivity index (χ1v) is 8.26. The van der Waals surface area contributed by atoms with E-state index in [1.807, 2.05) is 24.3 Å². The van der Waals surface area contributed by atoms with Crippen LogP contribution in [0.1, 0.15) is 22.3 Å². The van der Waals surface area contributed by atoms with Crippen LogP contribution in [0, 0.1) is 5.82 Å². The molecule has 0 saturated carbocycles. The Bertz CT molecular complexity index is 810. The van der Waals surface area contributed by atoms with Crippen molar-refractivity contribution in [2.75, 3.05) is 18.5 Å². The zero-order chi connectivity index (χ0) is 16.5. The summed E-state index contributed by atoms with van der Waals surface area (Å²) >= 11 is 0. The molecule has 4 nitrogen and oxygen atoms in total. The second kappa shape index (κ2) is 7.42. The number of fused-ring (bicyclic) bond motifs is 2. The van der Waals surface area contributed by atoms with E-state index in [0.29, 0.717) is 25.1 Å². The zero-order valence-corrected chi connectivity index (χ0v) is 14.5. The van der Waals surface area contributed by atoms with Crippen molar-refractivity contribution in [3.63, 3.8) is 0 Å². The van der Waals surface area contributed by atoms with E-state index in [4.69, 9.17) is 4.74 Å². The van der Waals surface area contributed by atoms with Crippen LogP contribution in [0.5, 0.6) is 5.75 Å². The molecule has 6 heteroatoms. The van der Waals surface area contributed by atoms with Gasteiger partial charge in [-0.2, -0.15) is 0 Å². The molecule has 0 fully saturated rings. The lowest BCUT2D eigenvalue weighted by Gasteiger charge is -2.19. The van der Waals surface area contributed by atoms with Crippen molar-refractivity contribution in [1.29, 1.82) is 0 Å². The van der Waals surface area contributed by atoms with Crippen LogP contribution in [0.25, 0.3) is 0 Å². The third-order valence-corrected chi connectivity index (χ3v) is 4.60. The molecular formula is C19H20ClFN2O2. The van der Waals surface area contributed by atoms with Gasteiger partial charge in [-0.05, 0) is 47.4 Å². The van der Waals surface area contributed by atoms with Crippen molar-refractivity contribution in [3.05, 3.63) is 58.4 Å². The SMILES string of the molecule is Cl.O=C(Cc1ccc2c(c1)CCO2)Nc1ccc2c(c1F)CCNC2. The molecule has 1 amide bonds. The normalized spacial score (nSPS) is 14.8. The fourth-order valence-electron chi connectivity index (χ4n) is 3.36. The molecule has 0 spiro atoms. The molecule has 0 aliphatic carbocycles. The Hall–Kier alpha value is -2.11. The molecular weight excluding hydrogens is 343 g/mol. The van der Waals surface area contributed by atoms with Crippen molar-refractivity contribution in [1.82, 2.24) is 5.32 Å². The van der Waals surface area contributed by atoms with Crippen molar-refractivity contribution < 1.29 is 13.9 Å². The first-order valence-electron chi connectivity index (χ1n) is 8.26. The molecule has 2 aromatic carbocycles. The molecule has 0 unspecified atom stereocenters. The van der Waals surface area contributed by atoms with Gasteiger partial charge in [-0.25, -0.2) is 4.39 Å². The lowest BCUT2D eigenvalue weighted by molar-refractivity contribution is -0.115. The highest BCUT2D eigenvalue weighted by atomic mass is 35.5. The highest BCUT2D eigenvalue weighted by Gasteiger charge is 2.18. The maximum atomic E-state index is 14.6. The second-order valence-electron chi connectivity index (χ2n) is 6.26. The summed E-state index contributed by atoms with van der Waals surface area (Å²) < 4.78 is 20.0. The van der Waals surface area contributed by atoms with E-state index < -0.39 is 0 Å². The number of halogens is 2. The Kier molecular flexibility index (Phi) is 5.25. The average Bonchev–Trinajstić information content (AvgIpc) is 3.05. The van der Waals surface area contributed by atoms with Gasteiger partial charge in [0.05, 0.1) is 18.7 Å². The molecule has 2 aromatic rings. The zero-order valence-electron chi connectivity index (χ0n) is 13.7. The molecule has 132 valence electrons. The average molecular weight is 363 g/mol. The van der Waals surface area contributed by atoms with Gasteiger partial charge < -0.3 is 15.4 Å². The number of rotatable bonds is 3. The fourth-order valence-corrected chi connectivity index (χ4v) is 3.36. The smallest absolute Gasteiger partial charge is 0.228 e. The topological polar surface area (TPSA) is 50.4 Å². The summed E-state index contributed by atoms with van der Waals surface area (Å²) in [7, 11) is 0. The molecule has 0 bridgehead atoms. The molecule has 0 radical (unpaired) electrons. The Labute approximate surface area is 152 Å². The van der Waals surface area contributed by atoms with Gasteiger partial charge >= 0.3 is 0 Å². The maximum Gasteiger partial charge on any atom is 0.228 e. The molecule has 25 heavy (non-hydrogen) atoms. The summed E-state index contributed by atoms with van der Waals surface area (Å²) in [5.74, 6) is 0.389. The quantitative estimate of drug-likeness (QED) is 0.882. The molecule has 2 N–H and O–H groups in total. The summed E-state index contributed by atoms with van der Waals surface area (Å²) in [4.78, 5) is 12.3. The van der Waals surface area contributed by atoms with Gasteiger partial charge in [-0.1, -0.05) is 18.2 Å². The van der Waals surface area contributed by atoms with Crippen LogP contribution < -0.4 is 15.4 Å². The Balaban J connectivity index is 0.00000182. The number of nitrogens with one attached hydrogen (secondary N) is 2. The third kappa shape index (κ3) is 3.62. The minimum atomic E-state index is -0.301. The molecule has 0 atom stereocenters. The van der Waals surface area contributed by atoms with Crippen LogP contribution in [-0.4, -0.2) is 19.1 Å². The predicted molar refractivity (Wildman–Crippen MR) is 97.0 cm³/mol. The van der Waals surface area contributed by atoms with Crippen LogP contribution in [0.15, 0.2) is 30.3 Å². The summed E-state index contributed by atoms with van der Waals surface area (Å²) in [6, 6.07) is 9.31. The van der Waals surface area contributed by atoms with Gasteiger partial charge in [0, 0.05) is 13.0 Å². The standard InChI is InChI=1S/C19H19FN2O2.ClH/c20-19-15-5-7-21-11-14(15)2-3-16(19)22-18(23)10-12-1-4-17-13(9-12)6-8-24-17;/h1-4,9,21H,5-8,10-11H2,(H,22,23);1H. The molecule has 2 heterocycles. The lowest BCUT2D eigenvalue weighted by Crippen LogP contribution is -2.25. The van der Waals surface area contributed by atoms with E-state index in [2.05, 4.69) is 10.6 Å². The number of hydrogen-bond donors (Lipinski definition) is 2. The van der Waals surface area contributed by atoms with E-state index in [1.165, 1.54) is 0 Å². The minimum absolute atomic E-state index is 0. The van der Waals surface area contributed by atoms with E-state index in [0.717, 1.165) is 35.4 Å². The van der Waals surface area contributed by atoms with Gasteiger partial charge in [0.1, 0.15) is 11.6 Å². The van der Waals surface area contributed by atoms with Gasteiger partial charge in [0.25, 0.3) is 0 Å². The molecule has 2 aliphatic heterocycles. The number of anilines is 1. The number of hydrogen-bond acceptors (Lipinski definition) is 3. The minimum Gasteiger partial charge on any atom is -0.493 e. The lowest BCUT2D eigenvalue weighted by atomic mass is 9.99. The summed E-state index contributed by atoms with van der Waals surface area (Å²) in [6.07, 6.45) is 1.75. The Morgan fingerprint density at radius 3 is 2.96 bits per heavy atom. The molecule has 0 aromatic heterocycles. The first kappa shape index (κ1) is 17.7. The van der Waals surface area contributed by atoms with Crippen LogP contribution in [0.3, 0.4) is 0 Å². The number of amides is 1. The van der Waals surface area contributed by atoms with Crippen LogP contribution in [-0.2, 0) is 30.6 Å². The predicted octanol–water partition coefficient (Wildman–Crippen LogP) is 3.01. The summed E-state index contributed by atoms with van der Waals surface area (Å²) in [5.41, 5.74) is 3.99. The van der Waals surface area contributed by atoms with Crippen LogP contribution in [0.2, 0.25) is 0 Å². The van der Waals surface area contributed by atoms with Gasteiger partial charge in [-0.15, -0.1) is 12.4 Å². The highest BCUT2D eigenvalue weighted by Crippen LogP contribution is 2.27. The van der Waals surface area contributed by atoms with Crippen molar-refractivity contribution >= 4 is 24.0 Å².